The monoisotopic (exact) mass is 263 g/mol. The van der Waals surface area contributed by atoms with Gasteiger partial charge in [0, 0.05) is 5.69 Å². The second-order valence-electron chi connectivity index (χ2n) is 6.06. The first-order chi connectivity index (χ1) is 8.79. The van der Waals surface area contributed by atoms with Gasteiger partial charge in [-0.25, -0.2) is 0 Å². The molecular formula is C16H25NO2. The van der Waals surface area contributed by atoms with Crippen LogP contribution < -0.4 is 5.32 Å². The number of aliphatic hydroxyl groups is 1. The van der Waals surface area contributed by atoms with E-state index in [2.05, 4.69) is 32.2 Å². The summed E-state index contributed by atoms with van der Waals surface area (Å²) in [7, 11) is 0. The van der Waals surface area contributed by atoms with E-state index in [1.165, 1.54) is 5.56 Å². The van der Waals surface area contributed by atoms with Gasteiger partial charge in [0.1, 0.15) is 0 Å². The Hall–Kier alpha value is -1.35. The predicted molar refractivity (Wildman–Crippen MR) is 79.4 cm³/mol. The number of nitrogens with one attached hydrogen (secondary N) is 1. The molecule has 19 heavy (non-hydrogen) atoms. The van der Waals surface area contributed by atoms with Crippen molar-refractivity contribution in [2.24, 2.45) is 5.92 Å². The fraction of sp³-hybridized carbons (Fsp3) is 0.562. The molecule has 0 bridgehead atoms. The quantitative estimate of drug-likeness (QED) is 0.876. The zero-order chi connectivity index (χ0) is 14.6. The number of rotatable bonds is 4. The summed E-state index contributed by atoms with van der Waals surface area (Å²) in [5.41, 5.74) is 3.11. The molecule has 1 unspecified atom stereocenters. The third kappa shape index (κ3) is 4.06. The minimum Gasteiger partial charge on any atom is -0.396 e. The van der Waals surface area contributed by atoms with Crippen molar-refractivity contribution in [3.63, 3.8) is 0 Å². The molecule has 1 rings (SSSR count). The van der Waals surface area contributed by atoms with Crippen LogP contribution >= 0.6 is 0 Å². The standard InChI is InChI=1S/C16H25NO2/c1-6-12(10-18)15(19)17-14-9-13(16(3,4)5)8-7-11(14)2/h7-9,12,18H,6,10H2,1-5H3,(H,17,19). The lowest BCUT2D eigenvalue weighted by Gasteiger charge is -2.21. The molecule has 0 aliphatic carbocycles. The molecule has 106 valence electrons. The van der Waals surface area contributed by atoms with Crippen molar-refractivity contribution in [3.05, 3.63) is 29.3 Å². The average molecular weight is 263 g/mol. The largest absolute Gasteiger partial charge is 0.396 e. The molecule has 1 aromatic carbocycles. The second-order valence-corrected chi connectivity index (χ2v) is 6.06. The minimum absolute atomic E-state index is 0.0499. The normalized spacial score (nSPS) is 13.2. The molecular weight excluding hydrogens is 238 g/mol. The molecule has 0 aliphatic heterocycles. The summed E-state index contributed by atoms with van der Waals surface area (Å²) in [5, 5.41) is 12.1. The van der Waals surface area contributed by atoms with E-state index >= 15 is 0 Å². The van der Waals surface area contributed by atoms with Crippen molar-refractivity contribution in [1.29, 1.82) is 0 Å². The Bertz CT molecular complexity index is 443. The summed E-state index contributed by atoms with van der Waals surface area (Å²) < 4.78 is 0. The van der Waals surface area contributed by atoms with Crippen molar-refractivity contribution in [2.45, 2.75) is 46.5 Å². The van der Waals surface area contributed by atoms with Gasteiger partial charge in [0.05, 0.1) is 12.5 Å². The first kappa shape index (κ1) is 15.7. The molecule has 0 radical (unpaired) electrons. The van der Waals surface area contributed by atoms with Crippen molar-refractivity contribution in [2.75, 3.05) is 11.9 Å². The van der Waals surface area contributed by atoms with Crippen LogP contribution in [0.1, 0.15) is 45.2 Å². The van der Waals surface area contributed by atoms with Crippen molar-refractivity contribution in [1.82, 2.24) is 0 Å². The maximum Gasteiger partial charge on any atom is 0.229 e. The van der Waals surface area contributed by atoms with Crippen LogP contribution in [0.4, 0.5) is 5.69 Å². The van der Waals surface area contributed by atoms with Crippen molar-refractivity contribution >= 4 is 11.6 Å². The molecule has 0 saturated carbocycles. The highest BCUT2D eigenvalue weighted by Gasteiger charge is 2.18. The Kier molecular flexibility index (Phi) is 5.12. The van der Waals surface area contributed by atoms with Gasteiger partial charge in [0.25, 0.3) is 0 Å². The van der Waals surface area contributed by atoms with Gasteiger partial charge in [-0.1, -0.05) is 39.8 Å². The van der Waals surface area contributed by atoms with Crippen LogP contribution in [0.3, 0.4) is 0 Å². The van der Waals surface area contributed by atoms with Gasteiger partial charge in [-0.3, -0.25) is 4.79 Å². The lowest BCUT2D eigenvalue weighted by Crippen LogP contribution is -2.25. The highest BCUT2D eigenvalue weighted by Crippen LogP contribution is 2.27. The fourth-order valence-electron chi connectivity index (χ4n) is 1.86. The Labute approximate surface area is 116 Å². The number of carbonyl (C=O) groups is 1. The zero-order valence-electron chi connectivity index (χ0n) is 12.6. The lowest BCUT2D eigenvalue weighted by molar-refractivity contribution is -0.121. The average Bonchev–Trinajstić information content (AvgIpc) is 2.32. The van der Waals surface area contributed by atoms with Crippen LogP contribution in [0.25, 0.3) is 0 Å². The molecule has 2 N–H and O–H groups in total. The number of aryl methyl sites for hydroxylation is 1. The van der Waals surface area contributed by atoms with E-state index in [0.29, 0.717) is 6.42 Å². The maximum absolute atomic E-state index is 12.0. The maximum atomic E-state index is 12.0. The number of hydrogen-bond acceptors (Lipinski definition) is 2. The van der Waals surface area contributed by atoms with E-state index in [1.54, 1.807) is 0 Å². The van der Waals surface area contributed by atoms with Crippen LogP contribution in [0.15, 0.2) is 18.2 Å². The van der Waals surface area contributed by atoms with Crippen LogP contribution in [0.2, 0.25) is 0 Å². The van der Waals surface area contributed by atoms with Crippen molar-refractivity contribution < 1.29 is 9.90 Å². The Morgan fingerprint density at radius 2 is 2.00 bits per heavy atom. The van der Waals surface area contributed by atoms with Gasteiger partial charge in [0.2, 0.25) is 5.91 Å². The highest BCUT2D eigenvalue weighted by molar-refractivity contribution is 5.93. The molecule has 1 atom stereocenters. The number of carbonyl (C=O) groups excluding carboxylic acids is 1. The van der Waals surface area contributed by atoms with Crippen LogP contribution in [0, 0.1) is 12.8 Å². The highest BCUT2D eigenvalue weighted by atomic mass is 16.3. The summed E-state index contributed by atoms with van der Waals surface area (Å²) in [5.74, 6) is -0.447. The molecule has 0 spiro atoms. The van der Waals surface area contributed by atoms with Gasteiger partial charge in [-0.15, -0.1) is 0 Å². The minimum atomic E-state index is -0.335. The Morgan fingerprint density at radius 3 is 2.47 bits per heavy atom. The van der Waals surface area contributed by atoms with Crippen LogP contribution in [0.5, 0.6) is 0 Å². The first-order valence-electron chi connectivity index (χ1n) is 6.82. The number of hydrogen-bond donors (Lipinski definition) is 2. The van der Waals surface area contributed by atoms with Crippen molar-refractivity contribution in [3.8, 4) is 0 Å². The lowest BCUT2D eigenvalue weighted by atomic mass is 9.86. The van der Waals surface area contributed by atoms with Gasteiger partial charge < -0.3 is 10.4 Å². The third-order valence-corrected chi connectivity index (χ3v) is 3.45. The van der Waals surface area contributed by atoms with Gasteiger partial charge in [-0.2, -0.15) is 0 Å². The summed E-state index contributed by atoms with van der Waals surface area (Å²) >= 11 is 0. The summed E-state index contributed by atoms with van der Waals surface area (Å²) in [6.07, 6.45) is 0.639. The molecule has 1 amide bonds. The first-order valence-corrected chi connectivity index (χ1v) is 6.82. The molecule has 0 aromatic heterocycles. The van der Waals surface area contributed by atoms with E-state index in [1.807, 2.05) is 26.0 Å². The third-order valence-electron chi connectivity index (χ3n) is 3.45. The van der Waals surface area contributed by atoms with E-state index in [-0.39, 0.29) is 23.8 Å². The molecule has 0 heterocycles. The summed E-state index contributed by atoms with van der Waals surface area (Å²) in [6, 6.07) is 6.14. The zero-order valence-corrected chi connectivity index (χ0v) is 12.6. The number of amides is 1. The summed E-state index contributed by atoms with van der Waals surface area (Å²) in [4.78, 5) is 12.0. The smallest absolute Gasteiger partial charge is 0.229 e. The molecule has 0 fully saturated rings. The Balaban J connectivity index is 2.98. The number of aliphatic hydroxyl groups excluding tert-OH is 1. The predicted octanol–water partition coefficient (Wildman–Crippen LogP) is 3.25. The number of anilines is 1. The molecule has 3 nitrogen and oxygen atoms in total. The fourth-order valence-corrected chi connectivity index (χ4v) is 1.86. The van der Waals surface area contributed by atoms with Gasteiger partial charge in [0.15, 0.2) is 0 Å². The summed E-state index contributed by atoms with van der Waals surface area (Å²) in [6.45, 7) is 10.2. The number of benzene rings is 1. The Morgan fingerprint density at radius 1 is 1.37 bits per heavy atom. The van der Waals surface area contributed by atoms with E-state index in [0.717, 1.165) is 11.3 Å². The topological polar surface area (TPSA) is 49.3 Å². The van der Waals surface area contributed by atoms with E-state index in [4.69, 9.17) is 5.11 Å². The molecule has 0 aliphatic rings. The molecule has 1 aromatic rings. The van der Waals surface area contributed by atoms with Crippen LogP contribution in [-0.2, 0) is 10.2 Å². The second kappa shape index (κ2) is 6.20. The molecule has 0 saturated heterocycles. The van der Waals surface area contributed by atoms with Gasteiger partial charge in [-0.05, 0) is 36.0 Å². The van der Waals surface area contributed by atoms with Gasteiger partial charge >= 0.3 is 0 Å². The van der Waals surface area contributed by atoms with Crippen LogP contribution in [-0.4, -0.2) is 17.6 Å². The van der Waals surface area contributed by atoms with E-state index < -0.39 is 0 Å². The van der Waals surface area contributed by atoms with E-state index in [9.17, 15) is 4.79 Å². The SMILES string of the molecule is CCC(CO)C(=O)Nc1cc(C(C)(C)C)ccc1C. The molecule has 3 heteroatoms.